The fraction of sp³-hybridized carbons (Fsp3) is 0.308. The molecule has 5 rings (SSSR count). The molecule has 0 atom stereocenters. The molecule has 170 valence electrons. The van der Waals surface area contributed by atoms with Crippen molar-refractivity contribution in [2.75, 3.05) is 5.32 Å². The van der Waals surface area contributed by atoms with Crippen LogP contribution in [-0.2, 0) is 10.2 Å². The SMILES string of the molecule is Cc1ccc(NC(=O)C2(c3ccc4c(c3)OC(F)(F)O4)CC2)nc1-c1ccc(C(C)C)cc1. The van der Waals surface area contributed by atoms with Gasteiger partial charge in [0.15, 0.2) is 11.5 Å². The summed E-state index contributed by atoms with van der Waals surface area (Å²) in [5, 5.41) is 2.92. The van der Waals surface area contributed by atoms with Crippen molar-refractivity contribution in [2.24, 2.45) is 0 Å². The minimum atomic E-state index is -3.68. The average Bonchev–Trinajstić information content (AvgIpc) is 3.52. The molecule has 0 spiro atoms. The van der Waals surface area contributed by atoms with Gasteiger partial charge in [-0.1, -0.05) is 50.2 Å². The maximum atomic E-state index is 13.4. The van der Waals surface area contributed by atoms with Crippen molar-refractivity contribution in [1.29, 1.82) is 0 Å². The van der Waals surface area contributed by atoms with Crippen LogP contribution in [-0.4, -0.2) is 17.2 Å². The Morgan fingerprint density at radius 3 is 2.36 bits per heavy atom. The molecular formula is C26H24F2N2O3. The molecule has 7 heteroatoms. The van der Waals surface area contributed by atoms with Crippen LogP contribution in [0.5, 0.6) is 11.5 Å². The third-order valence-corrected chi connectivity index (χ3v) is 6.33. The lowest BCUT2D eigenvalue weighted by Gasteiger charge is -2.17. The number of hydrogen-bond acceptors (Lipinski definition) is 4. The Hall–Kier alpha value is -3.48. The summed E-state index contributed by atoms with van der Waals surface area (Å²) >= 11 is 0. The first-order chi connectivity index (χ1) is 15.7. The molecule has 2 heterocycles. The fourth-order valence-electron chi connectivity index (χ4n) is 4.17. The van der Waals surface area contributed by atoms with Crippen molar-refractivity contribution < 1.29 is 23.0 Å². The number of pyridine rings is 1. The van der Waals surface area contributed by atoms with Crippen molar-refractivity contribution in [3.63, 3.8) is 0 Å². The van der Waals surface area contributed by atoms with Crippen molar-refractivity contribution in [2.45, 2.75) is 51.2 Å². The molecule has 2 aliphatic rings. The highest BCUT2D eigenvalue weighted by Crippen LogP contribution is 2.52. The van der Waals surface area contributed by atoms with E-state index < -0.39 is 11.7 Å². The van der Waals surface area contributed by atoms with Crippen LogP contribution in [0.3, 0.4) is 0 Å². The van der Waals surface area contributed by atoms with E-state index in [0.717, 1.165) is 16.8 Å². The van der Waals surface area contributed by atoms with Gasteiger partial charge >= 0.3 is 6.29 Å². The molecule has 1 aliphatic carbocycles. The summed E-state index contributed by atoms with van der Waals surface area (Å²) in [4.78, 5) is 17.9. The molecule has 33 heavy (non-hydrogen) atoms. The van der Waals surface area contributed by atoms with Crippen LogP contribution in [0.4, 0.5) is 14.6 Å². The van der Waals surface area contributed by atoms with Gasteiger partial charge in [0.2, 0.25) is 5.91 Å². The predicted octanol–water partition coefficient (Wildman–Crippen LogP) is 6.17. The van der Waals surface area contributed by atoms with Crippen LogP contribution in [0.2, 0.25) is 0 Å². The number of aromatic nitrogens is 1. The van der Waals surface area contributed by atoms with Crippen molar-refractivity contribution in [3.05, 3.63) is 71.3 Å². The van der Waals surface area contributed by atoms with Gasteiger partial charge in [0.1, 0.15) is 5.82 Å². The molecule has 0 radical (unpaired) electrons. The van der Waals surface area contributed by atoms with E-state index in [4.69, 9.17) is 4.98 Å². The van der Waals surface area contributed by atoms with E-state index in [0.29, 0.717) is 30.1 Å². The summed E-state index contributed by atoms with van der Waals surface area (Å²) in [6.45, 7) is 6.27. The number of hydrogen-bond donors (Lipinski definition) is 1. The first-order valence-electron chi connectivity index (χ1n) is 11.0. The van der Waals surface area contributed by atoms with Gasteiger partial charge in [-0.05, 0) is 60.6 Å². The molecule has 2 aromatic carbocycles. The molecule has 1 aromatic heterocycles. The third kappa shape index (κ3) is 3.92. The summed E-state index contributed by atoms with van der Waals surface area (Å²) in [6, 6.07) is 16.5. The highest BCUT2D eigenvalue weighted by molar-refractivity contribution is 6.01. The molecule has 5 nitrogen and oxygen atoms in total. The van der Waals surface area contributed by atoms with Crippen LogP contribution < -0.4 is 14.8 Å². The number of alkyl halides is 2. The number of halogens is 2. The average molecular weight is 450 g/mol. The van der Waals surface area contributed by atoms with Crippen molar-refractivity contribution >= 4 is 11.7 Å². The number of ether oxygens (including phenoxy) is 2. The quantitative estimate of drug-likeness (QED) is 0.505. The molecule has 1 fully saturated rings. The summed E-state index contributed by atoms with van der Waals surface area (Å²) in [5.41, 5.74) is 3.86. The zero-order valence-corrected chi connectivity index (χ0v) is 18.6. The standard InChI is InChI=1S/C26H24F2N2O3/c1-15(2)17-5-7-18(8-6-17)23-16(3)4-11-22(29-23)30-24(31)25(12-13-25)19-9-10-20-21(14-19)33-26(27,28)32-20/h4-11,14-15H,12-13H2,1-3H3,(H,29,30,31). The maximum absolute atomic E-state index is 13.4. The van der Waals surface area contributed by atoms with E-state index in [-0.39, 0.29) is 17.4 Å². The highest BCUT2D eigenvalue weighted by Gasteiger charge is 2.53. The lowest BCUT2D eigenvalue weighted by molar-refractivity contribution is -0.286. The number of nitrogens with zero attached hydrogens (tertiary/aromatic N) is 1. The van der Waals surface area contributed by atoms with Gasteiger partial charge < -0.3 is 14.8 Å². The Morgan fingerprint density at radius 1 is 1.00 bits per heavy atom. The first kappa shape index (κ1) is 21.4. The zero-order chi connectivity index (χ0) is 23.4. The second-order valence-electron chi connectivity index (χ2n) is 9.00. The minimum Gasteiger partial charge on any atom is -0.395 e. The molecule has 0 saturated heterocycles. The van der Waals surface area contributed by atoms with E-state index in [9.17, 15) is 13.6 Å². The minimum absolute atomic E-state index is 0.0340. The van der Waals surface area contributed by atoms with Gasteiger partial charge in [0.05, 0.1) is 11.1 Å². The number of amides is 1. The van der Waals surface area contributed by atoms with Gasteiger partial charge in [-0.25, -0.2) is 4.98 Å². The van der Waals surface area contributed by atoms with Crippen LogP contribution >= 0.6 is 0 Å². The topological polar surface area (TPSA) is 60.5 Å². The van der Waals surface area contributed by atoms with Gasteiger partial charge in [-0.3, -0.25) is 4.79 Å². The number of carbonyl (C=O) groups excluding carboxylic acids is 1. The Morgan fingerprint density at radius 2 is 1.70 bits per heavy atom. The molecule has 0 bridgehead atoms. The molecule has 1 aliphatic heterocycles. The predicted molar refractivity (Wildman–Crippen MR) is 121 cm³/mol. The lowest BCUT2D eigenvalue weighted by Crippen LogP contribution is -2.28. The van der Waals surface area contributed by atoms with E-state index in [1.54, 1.807) is 12.1 Å². The smallest absolute Gasteiger partial charge is 0.395 e. The summed E-state index contributed by atoms with van der Waals surface area (Å²) < 4.78 is 35.7. The Kier molecular flexibility index (Phi) is 4.88. The Bertz CT molecular complexity index is 1230. The molecule has 1 N–H and O–H groups in total. The normalized spacial score (nSPS) is 17.2. The Labute approximate surface area is 190 Å². The van der Waals surface area contributed by atoms with Crippen LogP contribution in [0.25, 0.3) is 11.3 Å². The molecule has 0 unspecified atom stereocenters. The molecule has 1 saturated carbocycles. The second kappa shape index (κ2) is 7.54. The highest BCUT2D eigenvalue weighted by atomic mass is 19.3. The third-order valence-electron chi connectivity index (χ3n) is 6.33. The molecule has 1 amide bonds. The van der Waals surface area contributed by atoms with Gasteiger partial charge in [0.25, 0.3) is 0 Å². The summed E-state index contributed by atoms with van der Waals surface area (Å²) in [7, 11) is 0. The van der Waals surface area contributed by atoms with Crippen molar-refractivity contribution in [1.82, 2.24) is 4.98 Å². The van der Waals surface area contributed by atoms with Crippen LogP contribution in [0.15, 0.2) is 54.6 Å². The number of benzene rings is 2. The zero-order valence-electron chi connectivity index (χ0n) is 18.6. The number of nitrogens with one attached hydrogen (secondary N) is 1. The second-order valence-corrected chi connectivity index (χ2v) is 9.00. The van der Waals surface area contributed by atoms with E-state index in [2.05, 4.69) is 40.8 Å². The molecule has 3 aromatic rings. The monoisotopic (exact) mass is 450 g/mol. The molecular weight excluding hydrogens is 426 g/mol. The summed E-state index contributed by atoms with van der Waals surface area (Å²) in [5.74, 6) is 0.582. The number of rotatable bonds is 5. The summed E-state index contributed by atoms with van der Waals surface area (Å²) in [6.07, 6.45) is -2.45. The Balaban J connectivity index is 1.38. The van der Waals surface area contributed by atoms with E-state index >= 15 is 0 Å². The van der Waals surface area contributed by atoms with Crippen LogP contribution in [0, 0.1) is 6.92 Å². The number of anilines is 1. The fourth-order valence-corrected chi connectivity index (χ4v) is 4.17. The van der Waals surface area contributed by atoms with Crippen LogP contribution in [0.1, 0.15) is 49.3 Å². The van der Waals surface area contributed by atoms with E-state index in [1.807, 2.05) is 25.1 Å². The van der Waals surface area contributed by atoms with E-state index in [1.165, 1.54) is 17.7 Å². The number of carbonyl (C=O) groups is 1. The van der Waals surface area contributed by atoms with Gasteiger partial charge in [-0.15, -0.1) is 8.78 Å². The van der Waals surface area contributed by atoms with Gasteiger partial charge in [-0.2, -0.15) is 0 Å². The maximum Gasteiger partial charge on any atom is 0.586 e. The lowest BCUT2D eigenvalue weighted by atomic mass is 9.94. The largest absolute Gasteiger partial charge is 0.586 e. The van der Waals surface area contributed by atoms with Gasteiger partial charge in [0, 0.05) is 5.56 Å². The number of fused-ring (bicyclic) bond motifs is 1. The first-order valence-corrected chi connectivity index (χ1v) is 11.0. The van der Waals surface area contributed by atoms with Crippen molar-refractivity contribution in [3.8, 4) is 22.8 Å². The number of aryl methyl sites for hydroxylation is 1.